The largest absolute Gasteiger partial charge is 0.390 e. The molecular weight excluding hydrogens is 488 g/mol. The quantitative estimate of drug-likeness (QED) is 0.434. The van der Waals surface area contributed by atoms with Crippen LogP contribution in [0.15, 0.2) is 29.2 Å². The van der Waals surface area contributed by atoms with Crippen LogP contribution in [0.1, 0.15) is 84.5 Å². The van der Waals surface area contributed by atoms with Gasteiger partial charge in [-0.15, -0.1) is 0 Å². The summed E-state index contributed by atoms with van der Waals surface area (Å²) in [6.07, 6.45) is 9.82. The number of hydrogen-bond acceptors (Lipinski definition) is 4. The SMILES string of the molecule is CCCC1(O)CCN(C(=S)CC2([C@H]3CCC[C@@H](CC)N3S(=O)(=O)c3ccc(Cl)cc3)CC2)CC1. The fourth-order valence-electron chi connectivity index (χ4n) is 6.20. The summed E-state index contributed by atoms with van der Waals surface area (Å²) < 4.78 is 29.6. The molecule has 1 aliphatic carbocycles. The number of hydrogen-bond donors (Lipinski definition) is 1. The van der Waals surface area contributed by atoms with Gasteiger partial charge in [0.05, 0.1) is 15.5 Å². The Labute approximate surface area is 215 Å². The molecule has 3 fully saturated rings. The molecule has 190 valence electrons. The maximum atomic E-state index is 13.9. The normalized spacial score (nSPS) is 26.9. The molecule has 5 nitrogen and oxygen atoms in total. The maximum Gasteiger partial charge on any atom is 0.243 e. The van der Waals surface area contributed by atoms with Gasteiger partial charge in [0.2, 0.25) is 10.0 Å². The molecule has 2 heterocycles. The van der Waals surface area contributed by atoms with E-state index in [2.05, 4.69) is 18.7 Å². The molecule has 3 aliphatic rings. The molecule has 0 aromatic heterocycles. The van der Waals surface area contributed by atoms with E-state index in [-0.39, 0.29) is 17.5 Å². The molecule has 34 heavy (non-hydrogen) atoms. The van der Waals surface area contributed by atoms with Crippen LogP contribution in [0.4, 0.5) is 0 Å². The summed E-state index contributed by atoms with van der Waals surface area (Å²) >= 11 is 12.0. The summed E-state index contributed by atoms with van der Waals surface area (Å²) in [7, 11) is -3.63. The predicted octanol–water partition coefficient (Wildman–Crippen LogP) is 5.79. The molecule has 8 heteroatoms. The van der Waals surface area contributed by atoms with Crippen LogP contribution in [-0.4, -0.2) is 58.5 Å². The van der Waals surface area contributed by atoms with Gasteiger partial charge in [0.15, 0.2) is 0 Å². The van der Waals surface area contributed by atoms with Gasteiger partial charge in [0.1, 0.15) is 0 Å². The average molecular weight is 527 g/mol. The van der Waals surface area contributed by atoms with E-state index in [4.69, 9.17) is 23.8 Å². The smallest absolute Gasteiger partial charge is 0.243 e. The first-order valence-electron chi connectivity index (χ1n) is 12.9. The molecule has 0 bridgehead atoms. The summed E-state index contributed by atoms with van der Waals surface area (Å²) in [4.78, 5) is 3.53. The van der Waals surface area contributed by atoms with Gasteiger partial charge < -0.3 is 10.0 Å². The molecule has 0 unspecified atom stereocenters. The van der Waals surface area contributed by atoms with Crippen LogP contribution in [0.5, 0.6) is 0 Å². The van der Waals surface area contributed by atoms with Crippen molar-refractivity contribution in [1.82, 2.24) is 9.21 Å². The second kappa shape index (κ2) is 10.3. The highest BCUT2D eigenvalue weighted by Gasteiger charge is 2.56. The van der Waals surface area contributed by atoms with E-state index < -0.39 is 15.6 Å². The molecule has 1 aromatic rings. The number of aliphatic hydroxyl groups is 1. The first-order valence-corrected chi connectivity index (χ1v) is 15.2. The van der Waals surface area contributed by atoms with E-state index in [0.29, 0.717) is 9.92 Å². The van der Waals surface area contributed by atoms with Crippen molar-refractivity contribution in [3.05, 3.63) is 29.3 Å². The van der Waals surface area contributed by atoms with E-state index >= 15 is 0 Å². The fraction of sp³-hybridized carbons (Fsp3) is 0.731. The standard InChI is InChI=1S/C26H39ClN2O3S2/c1-3-12-26(30)15-17-28(18-16-26)24(33)19-25(13-14-25)23-7-5-6-21(4-2)29(23)34(31,32)22-10-8-20(27)9-11-22/h8-11,21,23,30H,3-7,12-19H2,1-2H3/t21-,23-/m1/s1. The Balaban J connectivity index is 1.53. The Morgan fingerprint density at radius 3 is 2.32 bits per heavy atom. The van der Waals surface area contributed by atoms with Crippen LogP contribution in [0.2, 0.25) is 5.02 Å². The van der Waals surface area contributed by atoms with Gasteiger partial charge in [-0.1, -0.05) is 50.5 Å². The monoisotopic (exact) mass is 526 g/mol. The number of thiocarbonyl (C=S) groups is 1. The minimum Gasteiger partial charge on any atom is -0.390 e. The van der Waals surface area contributed by atoms with Crippen LogP contribution in [0.3, 0.4) is 0 Å². The zero-order valence-electron chi connectivity index (χ0n) is 20.5. The predicted molar refractivity (Wildman–Crippen MR) is 142 cm³/mol. The first kappa shape index (κ1) is 26.3. The molecule has 4 rings (SSSR count). The zero-order valence-corrected chi connectivity index (χ0v) is 22.9. The second-order valence-electron chi connectivity index (χ2n) is 10.7. The van der Waals surface area contributed by atoms with Crippen molar-refractivity contribution in [2.24, 2.45) is 5.41 Å². The Bertz CT molecular complexity index is 970. The molecule has 2 atom stereocenters. The molecule has 0 spiro atoms. The van der Waals surface area contributed by atoms with Gasteiger partial charge in [0.25, 0.3) is 0 Å². The lowest BCUT2D eigenvalue weighted by molar-refractivity contribution is -0.0153. The van der Waals surface area contributed by atoms with Crippen molar-refractivity contribution in [3.8, 4) is 0 Å². The Morgan fingerprint density at radius 2 is 1.76 bits per heavy atom. The zero-order chi connectivity index (χ0) is 24.6. The topological polar surface area (TPSA) is 60.9 Å². The van der Waals surface area contributed by atoms with Gasteiger partial charge in [-0.2, -0.15) is 4.31 Å². The molecule has 2 aliphatic heterocycles. The third kappa shape index (κ3) is 5.34. The minimum absolute atomic E-state index is 0.0181. The minimum atomic E-state index is -3.63. The third-order valence-electron chi connectivity index (χ3n) is 8.41. The van der Waals surface area contributed by atoms with E-state index in [1.54, 1.807) is 24.3 Å². The van der Waals surface area contributed by atoms with Crippen molar-refractivity contribution in [2.45, 2.75) is 107 Å². The number of nitrogens with zero attached hydrogens (tertiary/aromatic N) is 2. The summed E-state index contributed by atoms with van der Waals surface area (Å²) in [6, 6.07) is 6.58. The lowest BCUT2D eigenvalue weighted by atomic mass is 9.83. The molecule has 1 N–H and O–H groups in total. The fourth-order valence-corrected chi connectivity index (χ4v) is 8.83. The summed E-state index contributed by atoms with van der Waals surface area (Å²) in [5, 5.41) is 11.3. The lowest BCUT2D eigenvalue weighted by Crippen LogP contribution is -2.54. The van der Waals surface area contributed by atoms with Crippen molar-refractivity contribution in [1.29, 1.82) is 0 Å². The number of sulfonamides is 1. The summed E-state index contributed by atoms with van der Waals surface area (Å²) in [5.41, 5.74) is -0.624. The summed E-state index contributed by atoms with van der Waals surface area (Å²) in [6.45, 7) is 5.79. The van der Waals surface area contributed by atoms with Crippen LogP contribution in [0, 0.1) is 5.41 Å². The van der Waals surface area contributed by atoms with Gasteiger partial charge in [0, 0.05) is 36.6 Å². The molecular formula is C26H39ClN2O3S2. The van der Waals surface area contributed by atoms with Crippen LogP contribution < -0.4 is 0 Å². The molecule has 0 amide bonds. The molecule has 1 saturated carbocycles. The molecule has 0 radical (unpaired) electrons. The number of rotatable bonds is 8. The van der Waals surface area contributed by atoms with Crippen LogP contribution in [0.25, 0.3) is 0 Å². The highest BCUT2D eigenvalue weighted by Crippen LogP contribution is 2.57. The number of halogens is 1. The second-order valence-corrected chi connectivity index (χ2v) is 13.4. The van der Waals surface area contributed by atoms with E-state index in [9.17, 15) is 13.5 Å². The highest BCUT2D eigenvalue weighted by atomic mass is 35.5. The van der Waals surface area contributed by atoms with Crippen molar-refractivity contribution in [2.75, 3.05) is 13.1 Å². The molecule has 1 aromatic carbocycles. The van der Waals surface area contributed by atoms with Gasteiger partial charge in [-0.05, 0) is 81.0 Å². The number of piperidine rings is 2. The summed E-state index contributed by atoms with van der Waals surface area (Å²) in [5.74, 6) is 0. The lowest BCUT2D eigenvalue weighted by Gasteiger charge is -2.46. The van der Waals surface area contributed by atoms with Gasteiger partial charge >= 0.3 is 0 Å². The Morgan fingerprint density at radius 1 is 1.12 bits per heavy atom. The van der Waals surface area contributed by atoms with Crippen LogP contribution in [-0.2, 0) is 10.0 Å². The highest BCUT2D eigenvalue weighted by molar-refractivity contribution is 7.89. The van der Waals surface area contributed by atoms with Crippen molar-refractivity contribution >= 4 is 38.8 Å². The average Bonchev–Trinajstić information content (AvgIpc) is 3.59. The molecule has 2 saturated heterocycles. The van der Waals surface area contributed by atoms with Crippen LogP contribution >= 0.6 is 23.8 Å². The van der Waals surface area contributed by atoms with E-state index in [1.807, 2.05) is 4.31 Å². The Hall–Kier alpha value is -0.730. The first-order chi connectivity index (χ1) is 16.1. The van der Waals surface area contributed by atoms with Gasteiger partial charge in [-0.25, -0.2) is 8.42 Å². The van der Waals surface area contributed by atoms with Crippen molar-refractivity contribution in [3.63, 3.8) is 0 Å². The van der Waals surface area contributed by atoms with Gasteiger partial charge in [-0.3, -0.25) is 0 Å². The van der Waals surface area contributed by atoms with Crippen molar-refractivity contribution < 1.29 is 13.5 Å². The Kier molecular flexibility index (Phi) is 8.00. The number of likely N-dealkylation sites (tertiary alicyclic amines) is 1. The maximum absolute atomic E-state index is 13.9. The van der Waals surface area contributed by atoms with E-state index in [0.717, 1.165) is 88.7 Å². The van der Waals surface area contributed by atoms with E-state index in [1.165, 1.54) is 0 Å². The third-order valence-corrected chi connectivity index (χ3v) is 11.0. The number of benzene rings is 1.